The highest BCUT2D eigenvalue weighted by molar-refractivity contribution is 6.32. The van der Waals surface area contributed by atoms with Crippen LogP contribution in [0.4, 0.5) is 13.2 Å². The molecule has 0 unspecified atom stereocenters. The van der Waals surface area contributed by atoms with Crippen molar-refractivity contribution in [3.63, 3.8) is 0 Å². The minimum absolute atomic E-state index is 0.133. The van der Waals surface area contributed by atoms with E-state index in [9.17, 15) is 13.2 Å². The van der Waals surface area contributed by atoms with E-state index in [1.165, 1.54) is 0 Å². The van der Waals surface area contributed by atoms with Crippen LogP contribution >= 0.6 is 23.2 Å². The maximum Gasteiger partial charge on any atom is 0.419 e. The lowest BCUT2D eigenvalue weighted by Crippen LogP contribution is -2.09. The van der Waals surface area contributed by atoms with Crippen molar-refractivity contribution in [2.24, 2.45) is 0 Å². The molecule has 0 aliphatic rings. The number of halogens is 5. The first kappa shape index (κ1) is 12.5. The molecule has 1 aromatic rings. The Labute approximate surface area is 94.7 Å². The van der Waals surface area contributed by atoms with E-state index in [0.29, 0.717) is 0 Å². The van der Waals surface area contributed by atoms with Gasteiger partial charge in [-0.15, -0.1) is 11.6 Å². The highest BCUT2D eigenvalue weighted by Crippen LogP contribution is 2.41. The number of rotatable bonds is 2. The molecule has 0 amide bonds. The SMILES string of the molecule is COc1c(C(F)(F)F)ccc(Cl)c1CCl. The van der Waals surface area contributed by atoms with Crippen LogP contribution in [0.5, 0.6) is 5.75 Å². The standard InChI is InChI=1S/C9H7Cl2F3O/c1-15-8-5(4-10)7(11)3-2-6(8)9(12,13)14/h2-3H,4H2,1H3. The molecule has 0 bridgehead atoms. The van der Waals surface area contributed by atoms with Crippen LogP contribution in [-0.4, -0.2) is 7.11 Å². The maximum absolute atomic E-state index is 12.5. The molecule has 15 heavy (non-hydrogen) atoms. The fraction of sp³-hybridized carbons (Fsp3) is 0.333. The third kappa shape index (κ3) is 2.49. The number of hydrogen-bond acceptors (Lipinski definition) is 1. The van der Waals surface area contributed by atoms with Crippen LogP contribution in [-0.2, 0) is 12.1 Å². The van der Waals surface area contributed by atoms with E-state index >= 15 is 0 Å². The molecular weight excluding hydrogens is 252 g/mol. The quantitative estimate of drug-likeness (QED) is 0.726. The summed E-state index contributed by atoms with van der Waals surface area (Å²) >= 11 is 11.2. The first-order valence-electron chi connectivity index (χ1n) is 3.90. The Balaban J connectivity index is 3.42. The predicted octanol–water partition coefficient (Wildman–Crippen LogP) is 4.11. The lowest BCUT2D eigenvalue weighted by Gasteiger charge is -2.15. The Morgan fingerprint density at radius 1 is 1.33 bits per heavy atom. The average molecular weight is 259 g/mol. The largest absolute Gasteiger partial charge is 0.496 e. The van der Waals surface area contributed by atoms with Crippen molar-refractivity contribution >= 4 is 23.2 Å². The molecule has 0 atom stereocenters. The Hall–Kier alpha value is -0.610. The molecule has 0 fully saturated rings. The fourth-order valence-electron chi connectivity index (χ4n) is 1.18. The van der Waals surface area contributed by atoms with E-state index in [2.05, 4.69) is 4.74 Å². The molecular formula is C9H7Cl2F3O. The summed E-state index contributed by atoms with van der Waals surface area (Å²) in [5.41, 5.74) is -0.722. The van der Waals surface area contributed by atoms with Crippen LogP contribution in [0, 0.1) is 0 Å². The first-order chi connectivity index (χ1) is 6.91. The van der Waals surface area contributed by atoms with E-state index in [1.807, 2.05) is 0 Å². The summed E-state index contributed by atoms with van der Waals surface area (Å²) in [5.74, 6) is -0.448. The minimum atomic E-state index is -4.48. The summed E-state index contributed by atoms with van der Waals surface area (Å²) < 4.78 is 42.2. The minimum Gasteiger partial charge on any atom is -0.496 e. The van der Waals surface area contributed by atoms with Crippen molar-refractivity contribution in [3.05, 3.63) is 28.3 Å². The molecule has 1 aromatic carbocycles. The van der Waals surface area contributed by atoms with Crippen molar-refractivity contribution in [2.45, 2.75) is 12.1 Å². The number of hydrogen-bond donors (Lipinski definition) is 0. The van der Waals surface area contributed by atoms with E-state index in [-0.39, 0.29) is 22.2 Å². The van der Waals surface area contributed by atoms with Crippen LogP contribution in [0.25, 0.3) is 0 Å². The van der Waals surface area contributed by atoms with Crippen LogP contribution in [0.3, 0.4) is 0 Å². The molecule has 84 valence electrons. The van der Waals surface area contributed by atoms with Gasteiger partial charge in [-0.3, -0.25) is 0 Å². The third-order valence-corrected chi connectivity index (χ3v) is 2.47. The predicted molar refractivity (Wildman–Crippen MR) is 52.6 cm³/mol. The second-order valence-corrected chi connectivity index (χ2v) is 3.41. The molecule has 0 heterocycles. The molecule has 0 radical (unpaired) electrons. The van der Waals surface area contributed by atoms with Gasteiger partial charge in [0.1, 0.15) is 5.75 Å². The Kier molecular flexibility index (Phi) is 3.73. The molecule has 0 N–H and O–H groups in total. The zero-order chi connectivity index (χ0) is 11.6. The van der Waals surface area contributed by atoms with Gasteiger partial charge >= 0.3 is 6.18 Å². The summed E-state index contributed by atoms with van der Waals surface area (Å²) in [4.78, 5) is 0. The molecule has 0 saturated heterocycles. The fourth-order valence-corrected chi connectivity index (χ4v) is 1.73. The monoisotopic (exact) mass is 258 g/mol. The summed E-state index contributed by atoms with van der Waals surface area (Å²) in [6.07, 6.45) is -4.48. The highest BCUT2D eigenvalue weighted by atomic mass is 35.5. The van der Waals surface area contributed by atoms with Gasteiger partial charge in [0.05, 0.1) is 18.6 Å². The van der Waals surface area contributed by atoms with Gasteiger partial charge in [0.2, 0.25) is 0 Å². The maximum atomic E-state index is 12.5. The second kappa shape index (κ2) is 4.49. The number of ether oxygens (including phenoxy) is 1. The highest BCUT2D eigenvalue weighted by Gasteiger charge is 2.35. The molecule has 0 spiro atoms. The van der Waals surface area contributed by atoms with Gasteiger partial charge in [0.15, 0.2) is 0 Å². The first-order valence-corrected chi connectivity index (χ1v) is 4.81. The normalized spacial score (nSPS) is 11.6. The zero-order valence-corrected chi connectivity index (χ0v) is 9.17. The Morgan fingerprint density at radius 3 is 2.33 bits per heavy atom. The Morgan fingerprint density at radius 2 is 1.93 bits per heavy atom. The topological polar surface area (TPSA) is 9.23 Å². The molecule has 0 saturated carbocycles. The molecule has 0 aliphatic heterocycles. The van der Waals surface area contributed by atoms with Gasteiger partial charge in [-0.25, -0.2) is 0 Å². The third-order valence-electron chi connectivity index (χ3n) is 1.85. The molecule has 1 nitrogen and oxygen atoms in total. The lowest BCUT2D eigenvalue weighted by atomic mass is 10.1. The van der Waals surface area contributed by atoms with Crippen molar-refractivity contribution in [2.75, 3.05) is 7.11 Å². The second-order valence-electron chi connectivity index (χ2n) is 2.74. The van der Waals surface area contributed by atoms with E-state index in [0.717, 1.165) is 19.2 Å². The van der Waals surface area contributed by atoms with Crippen LogP contribution in [0.1, 0.15) is 11.1 Å². The van der Waals surface area contributed by atoms with Crippen molar-refractivity contribution in [3.8, 4) is 5.75 Å². The van der Waals surface area contributed by atoms with Crippen molar-refractivity contribution in [1.29, 1.82) is 0 Å². The van der Waals surface area contributed by atoms with Crippen molar-refractivity contribution < 1.29 is 17.9 Å². The van der Waals surface area contributed by atoms with Gasteiger partial charge in [0.25, 0.3) is 0 Å². The summed E-state index contributed by atoms with van der Waals surface area (Å²) in [7, 11) is 1.15. The number of methoxy groups -OCH3 is 1. The summed E-state index contributed by atoms with van der Waals surface area (Å²) in [6.45, 7) is 0. The molecule has 0 aliphatic carbocycles. The van der Waals surface area contributed by atoms with Crippen LogP contribution in [0.15, 0.2) is 12.1 Å². The average Bonchev–Trinajstić information content (AvgIpc) is 2.15. The van der Waals surface area contributed by atoms with Crippen LogP contribution in [0.2, 0.25) is 5.02 Å². The van der Waals surface area contributed by atoms with Crippen LogP contribution < -0.4 is 4.74 Å². The van der Waals surface area contributed by atoms with Gasteiger partial charge in [-0.2, -0.15) is 13.2 Å². The van der Waals surface area contributed by atoms with Crippen molar-refractivity contribution in [1.82, 2.24) is 0 Å². The van der Waals surface area contributed by atoms with E-state index in [1.54, 1.807) is 0 Å². The van der Waals surface area contributed by atoms with E-state index in [4.69, 9.17) is 23.2 Å². The van der Waals surface area contributed by atoms with Gasteiger partial charge < -0.3 is 4.74 Å². The molecule has 0 aromatic heterocycles. The summed E-state index contributed by atoms with van der Waals surface area (Å²) in [6, 6.07) is 2.03. The number of alkyl halides is 4. The molecule has 6 heteroatoms. The van der Waals surface area contributed by atoms with Gasteiger partial charge in [-0.1, -0.05) is 11.6 Å². The molecule has 1 rings (SSSR count). The van der Waals surface area contributed by atoms with Gasteiger partial charge in [0, 0.05) is 10.6 Å². The Bertz CT molecular complexity index is 363. The lowest BCUT2D eigenvalue weighted by molar-refractivity contribution is -0.138. The number of benzene rings is 1. The van der Waals surface area contributed by atoms with Gasteiger partial charge in [-0.05, 0) is 12.1 Å². The smallest absolute Gasteiger partial charge is 0.419 e. The van der Waals surface area contributed by atoms with E-state index < -0.39 is 11.7 Å². The summed E-state index contributed by atoms with van der Waals surface area (Å²) in [5, 5.41) is 0.162. The zero-order valence-electron chi connectivity index (χ0n) is 7.66.